The second kappa shape index (κ2) is 5.86. The molecule has 2 rings (SSSR count). The van der Waals surface area contributed by atoms with Gasteiger partial charge in [-0.15, -0.1) is 0 Å². The van der Waals surface area contributed by atoms with E-state index in [0.717, 1.165) is 10.6 Å². The minimum atomic E-state index is -1.30. The number of aromatic hydroxyl groups is 4. The number of nitrogens with zero attached hydrogens (tertiary/aromatic N) is 1. The SMILES string of the molecule is NC(=O)C(CO)n1c(O)cc(Cc2ccc(O)cc2O)c1O. The quantitative estimate of drug-likeness (QED) is 0.455. The van der Waals surface area contributed by atoms with Gasteiger partial charge in [0.25, 0.3) is 0 Å². The first-order chi connectivity index (χ1) is 10.3. The highest BCUT2D eigenvalue weighted by Crippen LogP contribution is 2.34. The molecular formula is C14H16N2O6. The topological polar surface area (TPSA) is 149 Å². The van der Waals surface area contributed by atoms with Crippen LogP contribution in [0.1, 0.15) is 17.2 Å². The summed E-state index contributed by atoms with van der Waals surface area (Å²) < 4.78 is 0.815. The number of amides is 1. The summed E-state index contributed by atoms with van der Waals surface area (Å²) in [5.41, 5.74) is 5.72. The number of hydrogen-bond acceptors (Lipinski definition) is 6. The fourth-order valence-electron chi connectivity index (χ4n) is 2.20. The second-order valence-electron chi connectivity index (χ2n) is 4.81. The van der Waals surface area contributed by atoms with Crippen molar-refractivity contribution in [3.8, 4) is 23.3 Å². The Bertz CT molecular complexity index is 710. The zero-order chi connectivity index (χ0) is 16.4. The van der Waals surface area contributed by atoms with Gasteiger partial charge in [0.1, 0.15) is 17.5 Å². The number of aliphatic hydroxyl groups excluding tert-OH is 1. The number of rotatable bonds is 5. The smallest absolute Gasteiger partial charge is 0.243 e. The van der Waals surface area contributed by atoms with E-state index in [9.17, 15) is 25.2 Å². The molecule has 0 saturated heterocycles. The van der Waals surface area contributed by atoms with Crippen LogP contribution < -0.4 is 5.73 Å². The average molecular weight is 308 g/mol. The van der Waals surface area contributed by atoms with Crippen molar-refractivity contribution < 1.29 is 30.3 Å². The lowest BCUT2D eigenvalue weighted by Crippen LogP contribution is -2.28. The van der Waals surface area contributed by atoms with Crippen molar-refractivity contribution in [2.24, 2.45) is 5.73 Å². The first kappa shape index (κ1) is 15.5. The summed E-state index contributed by atoms with van der Waals surface area (Å²) in [6.45, 7) is -0.685. The molecule has 1 aromatic carbocycles. The minimum Gasteiger partial charge on any atom is -0.508 e. The number of phenols is 2. The summed E-state index contributed by atoms with van der Waals surface area (Å²) in [5.74, 6) is -2.09. The maximum Gasteiger partial charge on any atom is 0.243 e. The van der Waals surface area contributed by atoms with Crippen LogP contribution >= 0.6 is 0 Å². The van der Waals surface area contributed by atoms with E-state index in [0.29, 0.717) is 5.56 Å². The van der Waals surface area contributed by atoms with Crippen LogP contribution in [0, 0.1) is 0 Å². The average Bonchev–Trinajstić information content (AvgIpc) is 2.70. The molecule has 7 N–H and O–H groups in total. The number of carbonyl (C=O) groups is 1. The van der Waals surface area contributed by atoms with Gasteiger partial charge in [0.05, 0.1) is 6.61 Å². The van der Waals surface area contributed by atoms with Crippen molar-refractivity contribution in [1.82, 2.24) is 4.57 Å². The third-order valence-electron chi connectivity index (χ3n) is 3.33. The molecule has 0 saturated carbocycles. The Morgan fingerprint density at radius 3 is 2.36 bits per heavy atom. The zero-order valence-electron chi connectivity index (χ0n) is 11.5. The number of phenolic OH excluding ortho intramolecular Hbond substituents is 2. The lowest BCUT2D eigenvalue weighted by atomic mass is 10.1. The van der Waals surface area contributed by atoms with E-state index in [2.05, 4.69) is 0 Å². The predicted octanol–water partition coefficient (Wildman–Crippen LogP) is -0.0800. The molecule has 1 heterocycles. The number of aliphatic hydroxyl groups is 1. The van der Waals surface area contributed by atoms with E-state index in [1.54, 1.807) is 0 Å². The van der Waals surface area contributed by atoms with Gasteiger partial charge >= 0.3 is 0 Å². The van der Waals surface area contributed by atoms with Crippen molar-refractivity contribution in [3.63, 3.8) is 0 Å². The van der Waals surface area contributed by atoms with E-state index >= 15 is 0 Å². The van der Waals surface area contributed by atoms with Gasteiger partial charge in [-0.25, -0.2) is 0 Å². The van der Waals surface area contributed by atoms with Crippen molar-refractivity contribution in [1.29, 1.82) is 0 Å². The Balaban J connectivity index is 2.39. The highest BCUT2D eigenvalue weighted by atomic mass is 16.3. The van der Waals surface area contributed by atoms with Crippen LogP contribution in [0.2, 0.25) is 0 Å². The van der Waals surface area contributed by atoms with Crippen LogP contribution in [0.25, 0.3) is 0 Å². The second-order valence-corrected chi connectivity index (χ2v) is 4.81. The third-order valence-corrected chi connectivity index (χ3v) is 3.33. The van der Waals surface area contributed by atoms with E-state index < -0.39 is 30.3 Å². The highest BCUT2D eigenvalue weighted by Gasteiger charge is 2.25. The lowest BCUT2D eigenvalue weighted by molar-refractivity contribution is -0.122. The van der Waals surface area contributed by atoms with Gasteiger partial charge < -0.3 is 31.3 Å². The Hall–Kier alpha value is -2.87. The summed E-state index contributed by atoms with van der Waals surface area (Å²) in [6.07, 6.45) is 0.0371. The van der Waals surface area contributed by atoms with Crippen LogP contribution in [-0.2, 0) is 11.2 Å². The molecule has 0 spiro atoms. The number of nitrogens with two attached hydrogens (primary N) is 1. The normalized spacial score (nSPS) is 12.2. The van der Waals surface area contributed by atoms with Crippen molar-refractivity contribution >= 4 is 5.91 Å². The van der Waals surface area contributed by atoms with Gasteiger partial charge in [-0.1, -0.05) is 6.07 Å². The summed E-state index contributed by atoms with van der Waals surface area (Å²) in [6, 6.07) is 3.86. The predicted molar refractivity (Wildman–Crippen MR) is 75.7 cm³/mol. The van der Waals surface area contributed by atoms with Crippen molar-refractivity contribution in [2.45, 2.75) is 12.5 Å². The summed E-state index contributed by atoms with van der Waals surface area (Å²) in [5, 5.41) is 48.1. The van der Waals surface area contributed by atoms with Crippen LogP contribution in [-0.4, -0.2) is 42.6 Å². The maximum absolute atomic E-state index is 11.2. The first-order valence-corrected chi connectivity index (χ1v) is 6.38. The van der Waals surface area contributed by atoms with Crippen LogP contribution in [0.4, 0.5) is 0 Å². The Morgan fingerprint density at radius 2 is 1.82 bits per heavy atom. The lowest BCUT2D eigenvalue weighted by Gasteiger charge is -2.15. The minimum absolute atomic E-state index is 0.0371. The zero-order valence-corrected chi connectivity index (χ0v) is 11.5. The van der Waals surface area contributed by atoms with Crippen LogP contribution in [0.15, 0.2) is 24.3 Å². The summed E-state index contributed by atoms with van der Waals surface area (Å²) in [4.78, 5) is 11.2. The Morgan fingerprint density at radius 1 is 1.14 bits per heavy atom. The van der Waals surface area contributed by atoms with Gasteiger partial charge in [-0.2, -0.15) is 0 Å². The number of aromatic nitrogens is 1. The fourth-order valence-corrected chi connectivity index (χ4v) is 2.20. The van der Waals surface area contributed by atoms with E-state index in [4.69, 9.17) is 10.8 Å². The van der Waals surface area contributed by atoms with Crippen LogP contribution in [0.5, 0.6) is 23.3 Å². The highest BCUT2D eigenvalue weighted by molar-refractivity contribution is 5.79. The number of hydrogen-bond donors (Lipinski definition) is 6. The molecule has 1 atom stereocenters. The number of benzene rings is 1. The molecule has 0 aliphatic rings. The van der Waals surface area contributed by atoms with Crippen molar-refractivity contribution in [2.75, 3.05) is 6.61 Å². The van der Waals surface area contributed by atoms with E-state index in [1.807, 2.05) is 0 Å². The number of primary amides is 1. The molecule has 0 radical (unpaired) electrons. The molecule has 2 aromatic rings. The molecule has 8 heteroatoms. The van der Waals surface area contributed by atoms with Gasteiger partial charge in [-0.3, -0.25) is 9.36 Å². The maximum atomic E-state index is 11.2. The molecule has 22 heavy (non-hydrogen) atoms. The molecule has 1 amide bonds. The number of carbonyl (C=O) groups excluding carboxylic acids is 1. The van der Waals surface area contributed by atoms with Crippen LogP contribution in [0.3, 0.4) is 0 Å². The standard InChI is InChI=1S/C14H16N2O6/c15-13(21)10(6-17)16-12(20)4-8(14(16)22)3-7-1-2-9(18)5-11(7)19/h1-2,4-5,10,17-20,22H,3,6H2,(H2,15,21). The Kier molecular flexibility index (Phi) is 4.13. The molecule has 1 unspecified atom stereocenters. The summed E-state index contributed by atoms with van der Waals surface area (Å²) in [7, 11) is 0. The molecule has 8 nitrogen and oxygen atoms in total. The molecular weight excluding hydrogens is 292 g/mol. The van der Waals surface area contributed by atoms with E-state index in [1.165, 1.54) is 18.2 Å². The largest absolute Gasteiger partial charge is 0.508 e. The molecule has 0 aliphatic heterocycles. The van der Waals surface area contributed by atoms with Gasteiger partial charge in [-0.05, 0) is 11.6 Å². The van der Waals surface area contributed by atoms with Gasteiger partial charge in [0, 0.05) is 24.1 Å². The molecule has 0 aliphatic carbocycles. The molecule has 1 aromatic heterocycles. The monoisotopic (exact) mass is 308 g/mol. The molecule has 0 bridgehead atoms. The van der Waals surface area contributed by atoms with E-state index in [-0.39, 0.29) is 23.5 Å². The van der Waals surface area contributed by atoms with Gasteiger partial charge in [0.15, 0.2) is 11.8 Å². The Labute approximate surface area is 125 Å². The first-order valence-electron chi connectivity index (χ1n) is 6.38. The molecule has 118 valence electrons. The van der Waals surface area contributed by atoms with Gasteiger partial charge in [0.2, 0.25) is 5.91 Å². The molecule has 0 fully saturated rings. The summed E-state index contributed by atoms with van der Waals surface area (Å²) >= 11 is 0. The fraction of sp³-hybridized carbons (Fsp3) is 0.214. The third kappa shape index (κ3) is 2.77. The van der Waals surface area contributed by atoms with Crippen molar-refractivity contribution in [3.05, 3.63) is 35.4 Å².